The second-order valence-corrected chi connectivity index (χ2v) is 4.20. The Kier molecular flexibility index (Phi) is 2.78. The van der Waals surface area contributed by atoms with Crippen molar-refractivity contribution in [3.05, 3.63) is 46.7 Å². The Labute approximate surface area is 93.2 Å². The first kappa shape index (κ1) is 10.2. The highest BCUT2D eigenvalue weighted by molar-refractivity contribution is 6.30. The molecule has 0 aliphatic heterocycles. The lowest BCUT2D eigenvalue weighted by Crippen LogP contribution is -2.12. The van der Waals surface area contributed by atoms with Gasteiger partial charge in [-0.1, -0.05) is 23.7 Å². The summed E-state index contributed by atoms with van der Waals surface area (Å²) in [5.41, 5.74) is 1.05. The molecule has 78 valence electrons. The SMILES string of the molecule is O=C1C=C(O)C[C@@H](c2ccc(Cl)cc2)C1. The van der Waals surface area contributed by atoms with Crippen molar-refractivity contribution in [2.75, 3.05) is 0 Å². The zero-order chi connectivity index (χ0) is 10.8. The van der Waals surface area contributed by atoms with Crippen LogP contribution in [0.1, 0.15) is 24.3 Å². The first-order valence-electron chi connectivity index (χ1n) is 4.83. The molecule has 2 rings (SSSR count). The Hall–Kier alpha value is -1.28. The van der Waals surface area contributed by atoms with Gasteiger partial charge in [-0.2, -0.15) is 0 Å². The summed E-state index contributed by atoms with van der Waals surface area (Å²) in [5, 5.41) is 10.1. The van der Waals surface area contributed by atoms with E-state index < -0.39 is 0 Å². The van der Waals surface area contributed by atoms with E-state index in [1.54, 1.807) is 12.1 Å². The van der Waals surface area contributed by atoms with Crippen LogP contribution >= 0.6 is 11.6 Å². The van der Waals surface area contributed by atoms with Gasteiger partial charge in [-0.05, 0) is 23.6 Å². The van der Waals surface area contributed by atoms with Crippen LogP contribution < -0.4 is 0 Å². The minimum absolute atomic E-state index is 0.0151. The third-order valence-corrected chi connectivity index (χ3v) is 2.82. The number of ketones is 1. The normalized spacial score (nSPS) is 21.3. The van der Waals surface area contributed by atoms with E-state index in [1.165, 1.54) is 6.08 Å². The fourth-order valence-corrected chi connectivity index (χ4v) is 1.97. The summed E-state index contributed by atoms with van der Waals surface area (Å²) < 4.78 is 0. The average molecular weight is 223 g/mol. The van der Waals surface area contributed by atoms with Crippen LogP contribution in [0.25, 0.3) is 0 Å². The van der Waals surface area contributed by atoms with E-state index in [1.807, 2.05) is 12.1 Å². The fraction of sp³-hybridized carbons (Fsp3) is 0.250. The van der Waals surface area contributed by atoms with Crippen molar-refractivity contribution in [1.82, 2.24) is 0 Å². The van der Waals surface area contributed by atoms with E-state index in [-0.39, 0.29) is 17.5 Å². The van der Waals surface area contributed by atoms with Crippen LogP contribution in [-0.4, -0.2) is 10.9 Å². The molecular weight excluding hydrogens is 212 g/mol. The van der Waals surface area contributed by atoms with E-state index in [0.29, 0.717) is 17.9 Å². The first-order valence-corrected chi connectivity index (χ1v) is 5.21. The van der Waals surface area contributed by atoms with Crippen LogP contribution in [0.4, 0.5) is 0 Å². The highest BCUT2D eigenvalue weighted by atomic mass is 35.5. The molecule has 15 heavy (non-hydrogen) atoms. The van der Waals surface area contributed by atoms with Crippen molar-refractivity contribution in [3.8, 4) is 0 Å². The molecule has 0 spiro atoms. The van der Waals surface area contributed by atoms with Crippen LogP contribution in [0.2, 0.25) is 5.02 Å². The van der Waals surface area contributed by atoms with Crippen molar-refractivity contribution in [2.24, 2.45) is 0 Å². The number of carbonyl (C=O) groups excluding carboxylic acids is 1. The molecule has 0 bridgehead atoms. The van der Waals surface area contributed by atoms with E-state index >= 15 is 0 Å². The van der Waals surface area contributed by atoms with Crippen molar-refractivity contribution < 1.29 is 9.90 Å². The van der Waals surface area contributed by atoms with Crippen LogP contribution in [-0.2, 0) is 4.79 Å². The predicted molar refractivity (Wildman–Crippen MR) is 59.1 cm³/mol. The molecule has 0 saturated heterocycles. The fourth-order valence-electron chi connectivity index (χ4n) is 1.84. The van der Waals surface area contributed by atoms with Gasteiger partial charge < -0.3 is 5.11 Å². The average Bonchev–Trinajstić information content (AvgIpc) is 2.17. The van der Waals surface area contributed by atoms with E-state index in [4.69, 9.17) is 11.6 Å². The van der Waals surface area contributed by atoms with Crippen LogP contribution in [0.5, 0.6) is 0 Å². The maximum absolute atomic E-state index is 11.3. The van der Waals surface area contributed by atoms with Gasteiger partial charge in [-0.25, -0.2) is 0 Å². The van der Waals surface area contributed by atoms with Gasteiger partial charge in [0.25, 0.3) is 0 Å². The smallest absolute Gasteiger partial charge is 0.159 e. The lowest BCUT2D eigenvalue weighted by atomic mass is 9.86. The zero-order valence-electron chi connectivity index (χ0n) is 8.11. The van der Waals surface area contributed by atoms with E-state index in [2.05, 4.69) is 0 Å². The van der Waals surface area contributed by atoms with Gasteiger partial charge in [0.05, 0.1) is 5.76 Å². The van der Waals surface area contributed by atoms with Gasteiger partial charge in [0.15, 0.2) is 5.78 Å². The van der Waals surface area contributed by atoms with Crippen LogP contribution in [0, 0.1) is 0 Å². The molecular formula is C12H11ClO2. The number of allylic oxidation sites excluding steroid dienone is 2. The van der Waals surface area contributed by atoms with Gasteiger partial charge in [0, 0.05) is 23.9 Å². The Morgan fingerprint density at radius 2 is 1.87 bits per heavy atom. The summed E-state index contributed by atoms with van der Waals surface area (Å²) in [6, 6.07) is 7.41. The third kappa shape index (κ3) is 2.39. The highest BCUT2D eigenvalue weighted by Crippen LogP contribution is 2.30. The van der Waals surface area contributed by atoms with Crippen molar-refractivity contribution in [1.29, 1.82) is 0 Å². The Morgan fingerprint density at radius 3 is 2.47 bits per heavy atom. The summed E-state index contributed by atoms with van der Waals surface area (Å²) >= 11 is 5.78. The number of halogens is 1. The maximum Gasteiger partial charge on any atom is 0.159 e. The topological polar surface area (TPSA) is 37.3 Å². The number of hydrogen-bond donors (Lipinski definition) is 1. The lowest BCUT2D eigenvalue weighted by molar-refractivity contribution is -0.115. The largest absolute Gasteiger partial charge is 0.512 e. The minimum atomic E-state index is -0.0151. The summed E-state index contributed by atoms with van der Waals surface area (Å²) in [4.78, 5) is 11.3. The molecule has 1 aliphatic carbocycles. The van der Waals surface area contributed by atoms with Crippen molar-refractivity contribution >= 4 is 17.4 Å². The molecule has 2 nitrogen and oxygen atoms in total. The van der Waals surface area contributed by atoms with E-state index in [9.17, 15) is 9.90 Å². The molecule has 1 aromatic carbocycles. The molecule has 0 heterocycles. The molecule has 0 unspecified atom stereocenters. The molecule has 0 radical (unpaired) electrons. The molecule has 1 aliphatic rings. The Morgan fingerprint density at radius 1 is 1.20 bits per heavy atom. The molecule has 0 amide bonds. The van der Waals surface area contributed by atoms with Crippen molar-refractivity contribution in [2.45, 2.75) is 18.8 Å². The number of benzene rings is 1. The van der Waals surface area contributed by atoms with Crippen LogP contribution in [0.15, 0.2) is 36.1 Å². The number of aliphatic hydroxyl groups excluding tert-OH is 1. The van der Waals surface area contributed by atoms with Gasteiger partial charge in [0.1, 0.15) is 0 Å². The predicted octanol–water partition coefficient (Wildman–Crippen LogP) is 3.23. The summed E-state index contributed by atoms with van der Waals surface area (Å²) in [7, 11) is 0. The minimum Gasteiger partial charge on any atom is -0.512 e. The molecule has 0 fully saturated rings. The first-order chi connectivity index (χ1) is 7.15. The number of carbonyl (C=O) groups is 1. The number of aliphatic hydroxyl groups is 1. The van der Waals surface area contributed by atoms with Crippen LogP contribution in [0.3, 0.4) is 0 Å². The molecule has 0 aromatic heterocycles. The third-order valence-electron chi connectivity index (χ3n) is 2.57. The number of rotatable bonds is 1. The van der Waals surface area contributed by atoms with Crippen molar-refractivity contribution in [3.63, 3.8) is 0 Å². The van der Waals surface area contributed by atoms with E-state index in [0.717, 1.165) is 5.56 Å². The van der Waals surface area contributed by atoms with Gasteiger partial charge in [-0.3, -0.25) is 4.79 Å². The second kappa shape index (κ2) is 4.07. The molecule has 3 heteroatoms. The van der Waals surface area contributed by atoms with Gasteiger partial charge in [0.2, 0.25) is 0 Å². The zero-order valence-corrected chi connectivity index (χ0v) is 8.87. The molecule has 1 aromatic rings. The lowest BCUT2D eigenvalue weighted by Gasteiger charge is -2.19. The Balaban J connectivity index is 2.22. The molecule has 1 N–H and O–H groups in total. The maximum atomic E-state index is 11.3. The quantitative estimate of drug-likeness (QED) is 0.792. The number of hydrogen-bond acceptors (Lipinski definition) is 2. The monoisotopic (exact) mass is 222 g/mol. The molecule has 0 saturated carbocycles. The Bertz CT molecular complexity index is 406. The summed E-state index contributed by atoms with van der Waals surface area (Å²) in [5.74, 6) is 0.240. The summed E-state index contributed by atoms with van der Waals surface area (Å²) in [6.45, 7) is 0. The second-order valence-electron chi connectivity index (χ2n) is 3.76. The molecule has 1 atom stereocenters. The highest BCUT2D eigenvalue weighted by Gasteiger charge is 2.21. The van der Waals surface area contributed by atoms with Gasteiger partial charge in [-0.15, -0.1) is 0 Å². The van der Waals surface area contributed by atoms with Gasteiger partial charge >= 0.3 is 0 Å². The standard InChI is InChI=1S/C12H11ClO2/c13-10-3-1-8(2-4-10)9-5-11(14)7-12(15)6-9/h1-4,7,9,14H,5-6H2/t9-/m1/s1. The summed E-state index contributed by atoms with van der Waals surface area (Å²) in [6.07, 6.45) is 2.31.